The molecule has 6 heteroatoms. The zero-order valence-corrected chi connectivity index (χ0v) is 17.0. The number of benzene rings is 1. The highest BCUT2D eigenvalue weighted by Gasteiger charge is 2.33. The van der Waals surface area contributed by atoms with Crippen LogP contribution in [-0.2, 0) is 20.9 Å². The van der Waals surface area contributed by atoms with Crippen LogP contribution in [0.25, 0.3) is 11.0 Å². The van der Waals surface area contributed by atoms with Crippen LogP contribution in [0.15, 0.2) is 28.7 Å². The van der Waals surface area contributed by atoms with E-state index in [0.29, 0.717) is 23.7 Å². The molecule has 29 heavy (non-hydrogen) atoms. The summed E-state index contributed by atoms with van der Waals surface area (Å²) in [6.45, 7) is 4.00. The number of para-hydroxylation sites is 1. The van der Waals surface area contributed by atoms with Crippen LogP contribution >= 0.6 is 0 Å². The number of likely N-dealkylation sites (tertiary alicyclic amines) is 1. The van der Waals surface area contributed by atoms with Gasteiger partial charge in [0.2, 0.25) is 5.76 Å². The number of furan rings is 1. The smallest absolute Gasteiger partial charge is 0.375 e. The lowest BCUT2D eigenvalue weighted by molar-refractivity contribution is -0.137. The maximum atomic E-state index is 12.7. The number of hydrogen-bond donors (Lipinski definition) is 0. The van der Waals surface area contributed by atoms with Crippen molar-refractivity contribution < 1.29 is 23.5 Å². The molecule has 1 saturated carbocycles. The third-order valence-electron chi connectivity index (χ3n) is 6.30. The van der Waals surface area contributed by atoms with Crippen molar-refractivity contribution in [2.75, 3.05) is 26.3 Å². The topological polar surface area (TPSA) is 69.0 Å². The summed E-state index contributed by atoms with van der Waals surface area (Å²) in [4.78, 5) is 27.2. The number of amides is 1. The molecule has 1 aromatic heterocycles. The fraction of sp³-hybridized carbons (Fsp3) is 0.565. The van der Waals surface area contributed by atoms with Crippen LogP contribution in [-0.4, -0.2) is 43.1 Å². The van der Waals surface area contributed by atoms with Gasteiger partial charge < -0.3 is 18.8 Å². The fourth-order valence-electron chi connectivity index (χ4n) is 4.72. The maximum absolute atomic E-state index is 12.7. The molecule has 1 aliphatic carbocycles. The first kappa shape index (κ1) is 20.0. The number of piperidine rings is 1. The maximum Gasteiger partial charge on any atom is 0.375 e. The Morgan fingerprint density at radius 3 is 2.76 bits per heavy atom. The van der Waals surface area contributed by atoms with Crippen molar-refractivity contribution in [3.05, 3.63) is 35.6 Å². The Morgan fingerprint density at radius 2 is 1.93 bits per heavy atom. The minimum Gasteiger partial charge on any atom is -0.450 e. The molecule has 2 atom stereocenters. The Balaban J connectivity index is 1.40. The molecular formula is C23H29NO5. The predicted octanol–water partition coefficient (Wildman–Crippen LogP) is 4.16. The van der Waals surface area contributed by atoms with Crippen LogP contribution in [0.3, 0.4) is 0 Å². The monoisotopic (exact) mass is 399 g/mol. The first-order valence-corrected chi connectivity index (χ1v) is 10.7. The van der Waals surface area contributed by atoms with E-state index in [9.17, 15) is 9.59 Å². The van der Waals surface area contributed by atoms with Crippen molar-refractivity contribution in [2.24, 2.45) is 11.8 Å². The summed E-state index contributed by atoms with van der Waals surface area (Å²) >= 11 is 0. The lowest BCUT2D eigenvalue weighted by atomic mass is 9.75. The molecular weight excluding hydrogens is 370 g/mol. The molecule has 2 aromatic rings. The van der Waals surface area contributed by atoms with Gasteiger partial charge in [0.25, 0.3) is 5.91 Å². The predicted molar refractivity (Wildman–Crippen MR) is 108 cm³/mol. The molecule has 1 aromatic carbocycles. The van der Waals surface area contributed by atoms with Crippen molar-refractivity contribution in [2.45, 2.75) is 45.6 Å². The second kappa shape index (κ2) is 8.99. The van der Waals surface area contributed by atoms with Crippen molar-refractivity contribution >= 4 is 22.8 Å². The lowest BCUT2D eigenvalue weighted by Crippen LogP contribution is -2.46. The van der Waals surface area contributed by atoms with E-state index >= 15 is 0 Å². The summed E-state index contributed by atoms with van der Waals surface area (Å²) in [6, 6.07) is 7.44. The lowest BCUT2D eigenvalue weighted by Gasteiger charge is -2.41. The SMILES string of the molecule is CCOCc1c(C(=O)OCC(=O)N2CC[C@H]3CCCC[C@@H]3C2)oc2ccccc12. The van der Waals surface area contributed by atoms with Crippen molar-refractivity contribution in [1.82, 2.24) is 4.90 Å². The van der Waals surface area contributed by atoms with Crippen molar-refractivity contribution in [1.29, 1.82) is 0 Å². The van der Waals surface area contributed by atoms with Crippen LogP contribution in [0.2, 0.25) is 0 Å². The van der Waals surface area contributed by atoms with Gasteiger partial charge in [0.15, 0.2) is 6.61 Å². The van der Waals surface area contributed by atoms with Gasteiger partial charge in [-0.15, -0.1) is 0 Å². The van der Waals surface area contributed by atoms with Crippen LogP contribution in [0, 0.1) is 11.8 Å². The van der Waals surface area contributed by atoms with Gasteiger partial charge >= 0.3 is 5.97 Å². The summed E-state index contributed by atoms with van der Waals surface area (Å²) in [7, 11) is 0. The van der Waals surface area contributed by atoms with Crippen LogP contribution in [0.1, 0.15) is 55.1 Å². The van der Waals surface area contributed by atoms with E-state index in [-0.39, 0.29) is 24.9 Å². The second-order valence-electron chi connectivity index (χ2n) is 8.05. The highest BCUT2D eigenvalue weighted by Crippen LogP contribution is 2.36. The first-order chi connectivity index (χ1) is 14.2. The van der Waals surface area contributed by atoms with E-state index in [0.717, 1.165) is 30.8 Å². The average molecular weight is 399 g/mol. The van der Waals surface area contributed by atoms with E-state index in [2.05, 4.69) is 0 Å². The molecule has 2 aliphatic rings. The molecule has 0 bridgehead atoms. The van der Waals surface area contributed by atoms with Crippen LogP contribution in [0.5, 0.6) is 0 Å². The van der Waals surface area contributed by atoms with E-state index in [1.807, 2.05) is 30.0 Å². The zero-order valence-electron chi connectivity index (χ0n) is 17.0. The quantitative estimate of drug-likeness (QED) is 0.682. The summed E-state index contributed by atoms with van der Waals surface area (Å²) in [5, 5.41) is 0.832. The minimum absolute atomic E-state index is 0.121. The largest absolute Gasteiger partial charge is 0.450 e. The summed E-state index contributed by atoms with van der Waals surface area (Å²) in [6.07, 6.45) is 6.12. The van der Waals surface area contributed by atoms with E-state index in [1.165, 1.54) is 25.7 Å². The van der Waals surface area contributed by atoms with Crippen molar-refractivity contribution in [3.63, 3.8) is 0 Å². The number of ether oxygens (including phenoxy) is 2. The molecule has 0 unspecified atom stereocenters. The molecule has 156 valence electrons. The zero-order chi connectivity index (χ0) is 20.2. The van der Waals surface area contributed by atoms with Gasteiger partial charge in [-0.05, 0) is 37.7 Å². The van der Waals surface area contributed by atoms with Crippen molar-refractivity contribution in [3.8, 4) is 0 Å². The highest BCUT2D eigenvalue weighted by molar-refractivity contribution is 5.96. The van der Waals surface area contributed by atoms with Gasteiger partial charge in [-0.25, -0.2) is 4.79 Å². The number of nitrogens with zero attached hydrogens (tertiary/aromatic N) is 1. The average Bonchev–Trinajstić information content (AvgIpc) is 3.14. The third-order valence-corrected chi connectivity index (χ3v) is 6.30. The van der Waals surface area contributed by atoms with E-state index in [1.54, 1.807) is 6.07 Å². The first-order valence-electron chi connectivity index (χ1n) is 10.7. The number of carbonyl (C=O) groups excluding carboxylic acids is 2. The molecule has 1 aliphatic heterocycles. The molecule has 0 N–H and O–H groups in total. The molecule has 0 radical (unpaired) electrons. The molecule has 1 amide bonds. The highest BCUT2D eigenvalue weighted by atomic mass is 16.5. The van der Waals surface area contributed by atoms with Gasteiger partial charge in [-0.3, -0.25) is 4.79 Å². The number of hydrogen-bond acceptors (Lipinski definition) is 5. The number of carbonyl (C=O) groups is 2. The van der Waals surface area contributed by atoms with Gasteiger partial charge in [0.1, 0.15) is 5.58 Å². The normalized spacial score (nSPS) is 21.8. The Labute approximate surface area is 171 Å². The summed E-state index contributed by atoms with van der Waals surface area (Å²) in [5.74, 6) is 0.748. The Morgan fingerprint density at radius 1 is 1.14 bits per heavy atom. The van der Waals surface area contributed by atoms with Crippen LogP contribution in [0.4, 0.5) is 0 Å². The summed E-state index contributed by atoms with van der Waals surface area (Å²) in [5.41, 5.74) is 1.28. The molecule has 2 heterocycles. The van der Waals surface area contributed by atoms with E-state index < -0.39 is 5.97 Å². The standard InChI is InChI=1S/C23H29NO5/c1-2-27-14-19-18-9-5-6-10-20(18)29-22(19)23(26)28-15-21(25)24-12-11-16-7-3-4-8-17(16)13-24/h5-6,9-10,16-17H,2-4,7-8,11-15H2,1H3/t16-,17-/m1/s1. The second-order valence-corrected chi connectivity index (χ2v) is 8.05. The Bertz CT molecular complexity index is 873. The van der Waals surface area contributed by atoms with Gasteiger partial charge in [-0.1, -0.05) is 37.5 Å². The fourth-order valence-corrected chi connectivity index (χ4v) is 4.72. The number of fused-ring (bicyclic) bond motifs is 2. The van der Waals surface area contributed by atoms with Gasteiger partial charge in [0, 0.05) is 30.6 Å². The number of rotatable bonds is 6. The molecule has 1 saturated heterocycles. The molecule has 6 nitrogen and oxygen atoms in total. The van der Waals surface area contributed by atoms with Gasteiger partial charge in [-0.2, -0.15) is 0 Å². The Kier molecular flexibility index (Phi) is 6.19. The van der Waals surface area contributed by atoms with E-state index in [4.69, 9.17) is 13.9 Å². The molecule has 4 rings (SSSR count). The molecule has 0 spiro atoms. The molecule has 2 fully saturated rings. The number of esters is 1. The minimum atomic E-state index is -0.614. The van der Waals surface area contributed by atoms with Gasteiger partial charge in [0.05, 0.1) is 6.61 Å². The summed E-state index contributed by atoms with van der Waals surface area (Å²) < 4.78 is 16.6. The third kappa shape index (κ3) is 4.32. The Hall–Kier alpha value is -2.34. The van der Waals surface area contributed by atoms with Crippen LogP contribution < -0.4 is 0 Å².